The predicted molar refractivity (Wildman–Crippen MR) is 61.3 cm³/mol. The van der Waals surface area contributed by atoms with E-state index in [1.54, 1.807) is 0 Å². The van der Waals surface area contributed by atoms with E-state index in [4.69, 9.17) is 15.0 Å². The number of nitrogens with two attached hydrogens (primary N) is 1. The molecule has 8 nitrogen and oxygen atoms in total. The first kappa shape index (κ1) is 12.5. The lowest BCUT2D eigenvalue weighted by molar-refractivity contribution is 0.0478. The summed E-state index contributed by atoms with van der Waals surface area (Å²) >= 11 is 0. The number of ether oxygens (including phenoxy) is 1. The molecule has 2 aromatic heterocycles. The lowest BCUT2D eigenvalue weighted by Crippen LogP contribution is -2.06. The molecule has 1 atom stereocenters. The van der Waals surface area contributed by atoms with Crippen molar-refractivity contribution in [2.24, 2.45) is 0 Å². The third kappa shape index (κ3) is 2.48. The first-order valence-electron chi connectivity index (χ1n) is 5.79. The average molecular weight is 253 g/mol. The first-order chi connectivity index (χ1) is 8.76. The van der Waals surface area contributed by atoms with Gasteiger partial charge in [0, 0.05) is 6.61 Å². The molecule has 2 heterocycles. The molecule has 0 aliphatic heterocycles. The molecule has 0 aromatic carbocycles. The Morgan fingerprint density at radius 1 is 1.28 bits per heavy atom. The Hall–Kier alpha value is -1.96. The van der Waals surface area contributed by atoms with Gasteiger partial charge in [-0.2, -0.15) is 4.98 Å². The number of nitrogen functional groups attached to an aromatic ring is 1. The Morgan fingerprint density at radius 2 is 2.11 bits per heavy atom. The van der Waals surface area contributed by atoms with Gasteiger partial charge >= 0.3 is 0 Å². The molecule has 0 saturated heterocycles. The second-order valence-corrected chi connectivity index (χ2v) is 3.69. The van der Waals surface area contributed by atoms with Crippen molar-refractivity contribution in [3.63, 3.8) is 0 Å². The largest absolute Gasteiger partial charge is 0.379 e. The van der Waals surface area contributed by atoms with E-state index in [-0.39, 0.29) is 23.5 Å². The molecule has 0 radical (unpaired) electrons. The van der Waals surface area contributed by atoms with Crippen molar-refractivity contribution in [1.82, 2.24) is 20.5 Å². The number of rotatable bonds is 6. The van der Waals surface area contributed by atoms with Gasteiger partial charge in [-0.1, -0.05) is 18.5 Å². The molecule has 2 aromatic rings. The highest BCUT2D eigenvalue weighted by atomic mass is 16.6. The zero-order valence-corrected chi connectivity index (χ0v) is 10.3. The van der Waals surface area contributed by atoms with Gasteiger partial charge < -0.3 is 15.0 Å². The molecule has 1 unspecified atom stereocenters. The van der Waals surface area contributed by atoms with Crippen LogP contribution in [0.25, 0.3) is 11.6 Å². The summed E-state index contributed by atoms with van der Waals surface area (Å²) in [4.78, 5) is 4.21. The summed E-state index contributed by atoms with van der Waals surface area (Å²) in [6, 6.07) is 0. The Morgan fingerprint density at radius 3 is 2.72 bits per heavy atom. The van der Waals surface area contributed by atoms with E-state index < -0.39 is 0 Å². The van der Waals surface area contributed by atoms with E-state index in [1.165, 1.54) is 0 Å². The van der Waals surface area contributed by atoms with Crippen LogP contribution in [0, 0.1) is 0 Å². The number of anilines is 1. The normalized spacial score (nSPS) is 12.8. The second-order valence-electron chi connectivity index (χ2n) is 3.69. The van der Waals surface area contributed by atoms with E-state index >= 15 is 0 Å². The van der Waals surface area contributed by atoms with E-state index in [0.717, 1.165) is 12.8 Å². The molecule has 0 bridgehead atoms. The quantitative estimate of drug-likeness (QED) is 0.825. The minimum absolute atomic E-state index is 0.119. The number of aromatic nitrogens is 4. The number of hydrogen-bond donors (Lipinski definition) is 1. The summed E-state index contributed by atoms with van der Waals surface area (Å²) in [5, 5.41) is 10.9. The molecule has 0 aliphatic carbocycles. The SMILES string of the molecule is CCCC(OCC)c1noc(-c2nonc2N)n1. The molecule has 18 heavy (non-hydrogen) atoms. The first-order valence-corrected chi connectivity index (χ1v) is 5.79. The summed E-state index contributed by atoms with van der Waals surface area (Å²) in [5.41, 5.74) is 5.80. The van der Waals surface area contributed by atoms with Crippen LogP contribution in [0.2, 0.25) is 0 Å². The Balaban J connectivity index is 2.21. The van der Waals surface area contributed by atoms with Crippen molar-refractivity contribution >= 4 is 5.82 Å². The van der Waals surface area contributed by atoms with E-state index in [9.17, 15) is 0 Å². The van der Waals surface area contributed by atoms with E-state index in [2.05, 4.69) is 32.0 Å². The summed E-state index contributed by atoms with van der Waals surface area (Å²) in [5.74, 6) is 0.786. The molecule has 2 N–H and O–H groups in total. The van der Waals surface area contributed by atoms with Crippen molar-refractivity contribution in [3.8, 4) is 11.6 Å². The van der Waals surface area contributed by atoms with Crippen molar-refractivity contribution in [2.75, 3.05) is 12.3 Å². The van der Waals surface area contributed by atoms with Gasteiger partial charge in [-0.05, 0) is 23.7 Å². The predicted octanol–water partition coefficient (Wildman–Crippen LogP) is 1.58. The van der Waals surface area contributed by atoms with Gasteiger partial charge in [0.25, 0.3) is 5.89 Å². The summed E-state index contributed by atoms with van der Waals surface area (Å²) in [6.07, 6.45) is 1.60. The molecule has 8 heteroatoms. The van der Waals surface area contributed by atoms with Crippen molar-refractivity contribution < 1.29 is 13.9 Å². The molecule has 0 amide bonds. The van der Waals surface area contributed by atoms with Gasteiger partial charge in [-0.15, -0.1) is 0 Å². The zero-order chi connectivity index (χ0) is 13.0. The molecular formula is C10H15N5O3. The molecule has 0 aliphatic rings. The monoisotopic (exact) mass is 253 g/mol. The topological polar surface area (TPSA) is 113 Å². The van der Waals surface area contributed by atoms with Crippen LogP contribution in [0.15, 0.2) is 9.15 Å². The molecule has 0 saturated carbocycles. The van der Waals surface area contributed by atoms with E-state index in [0.29, 0.717) is 12.4 Å². The van der Waals surface area contributed by atoms with Crippen LogP contribution in [0.4, 0.5) is 5.82 Å². The molecule has 0 fully saturated rings. The second kappa shape index (κ2) is 5.58. The van der Waals surface area contributed by atoms with Crippen molar-refractivity contribution in [3.05, 3.63) is 5.82 Å². The van der Waals surface area contributed by atoms with Crippen LogP contribution < -0.4 is 5.73 Å². The molecular weight excluding hydrogens is 238 g/mol. The van der Waals surface area contributed by atoms with Gasteiger partial charge in [0.15, 0.2) is 0 Å². The zero-order valence-electron chi connectivity index (χ0n) is 10.3. The van der Waals surface area contributed by atoms with Gasteiger partial charge in [0.05, 0.1) is 0 Å². The third-order valence-electron chi connectivity index (χ3n) is 2.36. The Bertz CT molecular complexity index is 489. The molecule has 0 spiro atoms. The van der Waals surface area contributed by atoms with Gasteiger partial charge in [-0.25, -0.2) is 4.63 Å². The third-order valence-corrected chi connectivity index (χ3v) is 2.36. The average Bonchev–Trinajstić information content (AvgIpc) is 2.97. The summed E-state index contributed by atoms with van der Waals surface area (Å²) in [6.45, 7) is 4.57. The van der Waals surface area contributed by atoms with Crippen LogP contribution in [0.3, 0.4) is 0 Å². The smallest absolute Gasteiger partial charge is 0.284 e. The Kier molecular flexibility index (Phi) is 3.88. The minimum atomic E-state index is -0.182. The summed E-state index contributed by atoms with van der Waals surface area (Å²) in [7, 11) is 0. The number of nitrogens with zero attached hydrogens (tertiary/aromatic N) is 4. The number of hydrogen-bond acceptors (Lipinski definition) is 8. The minimum Gasteiger partial charge on any atom is -0.379 e. The highest BCUT2D eigenvalue weighted by Gasteiger charge is 2.21. The molecule has 98 valence electrons. The van der Waals surface area contributed by atoms with Gasteiger partial charge in [-0.3, -0.25) is 0 Å². The highest BCUT2D eigenvalue weighted by Crippen LogP contribution is 2.25. The van der Waals surface area contributed by atoms with Gasteiger partial charge in [0.1, 0.15) is 6.10 Å². The maximum absolute atomic E-state index is 5.55. The standard InChI is InChI=1S/C10H15N5O3/c1-3-5-6(16-4-2)9-12-10(17-15-9)7-8(11)14-18-13-7/h6H,3-5H2,1-2H3,(H2,11,14). The van der Waals surface area contributed by atoms with Gasteiger partial charge in [0.2, 0.25) is 17.3 Å². The maximum Gasteiger partial charge on any atom is 0.284 e. The fraction of sp³-hybridized carbons (Fsp3) is 0.600. The van der Waals surface area contributed by atoms with Crippen molar-refractivity contribution in [1.29, 1.82) is 0 Å². The summed E-state index contributed by atoms with van der Waals surface area (Å²) < 4.78 is 15.1. The van der Waals surface area contributed by atoms with Crippen molar-refractivity contribution in [2.45, 2.75) is 32.8 Å². The fourth-order valence-electron chi connectivity index (χ4n) is 1.56. The van der Waals surface area contributed by atoms with Crippen LogP contribution in [-0.2, 0) is 4.74 Å². The molecule has 2 rings (SSSR count). The van der Waals surface area contributed by atoms with Crippen LogP contribution in [-0.4, -0.2) is 27.1 Å². The Labute approximate surface area is 103 Å². The van der Waals surface area contributed by atoms with Crippen LogP contribution in [0.1, 0.15) is 38.6 Å². The fourth-order valence-corrected chi connectivity index (χ4v) is 1.56. The lowest BCUT2D eigenvalue weighted by atomic mass is 10.2. The lowest BCUT2D eigenvalue weighted by Gasteiger charge is -2.10. The highest BCUT2D eigenvalue weighted by molar-refractivity contribution is 5.60. The maximum atomic E-state index is 5.55. The van der Waals surface area contributed by atoms with E-state index in [1.807, 2.05) is 6.92 Å². The van der Waals surface area contributed by atoms with Crippen LogP contribution in [0.5, 0.6) is 0 Å². The van der Waals surface area contributed by atoms with Crippen LogP contribution >= 0.6 is 0 Å².